The van der Waals surface area contributed by atoms with E-state index >= 15 is 0 Å². The first-order valence-electron chi connectivity index (χ1n) is 10.9. The fourth-order valence-electron chi connectivity index (χ4n) is 4.26. The van der Waals surface area contributed by atoms with Crippen molar-refractivity contribution in [1.82, 2.24) is 14.5 Å². The maximum Gasteiger partial charge on any atom is 0.243 e. The van der Waals surface area contributed by atoms with Crippen LogP contribution in [0.25, 0.3) is 11.3 Å². The third kappa shape index (κ3) is 4.40. The van der Waals surface area contributed by atoms with Crippen LogP contribution in [0.3, 0.4) is 0 Å². The summed E-state index contributed by atoms with van der Waals surface area (Å²) in [5.41, 5.74) is 7.54. The van der Waals surface area contributed by atoms with Crippen LogP contribution in [0.5, 0.6) is 0 Å². The van der Waals surface area contributed by atoms with Gasteiger partial charge in [-0.05, 0) is 92.8 Å². The zero-order valence-corrected chi connectivity index (χ0v) is 20.2. The third-order valence-corrected chi connectivity index (χ3v) is 8.04. The number of nitrogens with zero attached hydrogens (tertiary/aromatic N) is 4. The Kier molecular flexibility index (Phi) is 6.05. The molecule has 3 aromatic rings. The summed E-state index contributed by atoms with van der Waals surface area (Å²) in [5.74, 6) is 0.777. The van der Waals surface area contributed by atoms with E-state index < -0.39 is 10.0 Å². The summed E-state index contributed by atoms with van der Waals surface area (Å²) in [6.07, 6.45) is 0. The maximum atomic E-state index is 13.1. The van der Waals surface area contributed by atoms with Crippen molar-refractivity contribution >= 4 is 15.8 Å². The normalized spacial score (nSPS) is 15.2. The SMILES string of the molecule is Cc1cc(C)cc(S(=O)(=O)N2CCN(c3ccc(-c4cc(C)c(C)cc4C)nn3)CC2)c1. The summed E-state index contributed by atoms with van der Waals surface area (Å²) >= 11 is 0. The average Bonchev–Trinajstić information content (AvgIpc) is 2.76. The highest BCUT2D eigenvalue weighted by atomic mass is 32.2. The Labute approximate surface area is 191 Å². The molecule has 2 aromatic carbocycles. The van der Waals surface area contributed by atoms with Crippen molar-refractivity contribution in [3.8, 4) is 11.3 Å². The molecular formula is C25H30N4O2S. The lowest BCUT2D eigenvalue weighted by Crippen LogP contribution is -2.49. The van der Waals surface area contributed by atoms with Crippen LogP contribution in [0.15, 0.2) is 47.4 Å². The molecule has 32 heavy (non-hydrogen) atoms. The molecule has 0 radical (unpaired) electrons. The molecule has 0 bridgehead atoms. The van der Waals surface area contributed by atoms with Gasteiger partial charge in [-0.3, -0.25) is 0 Å². The van der Waals surface area contributed by atoms with Crippen LogP contribution in [0, 0.1) is 34.6 Å². The van der Waals surface area contributed by atoms with Crippen LogP contribution in [0.4, 0.5) is 5.82 Å². The molecule has 0 N–H and O–H groups in total. The summed E-state index contributed by atoms with van der Waals surface area (Å²) in [5, 5.41) is 8.92. The van der Waals surface area contributed by atoms with Crippen LogP contribution >= 0.6 is 0 Å². The Morgan fingerprint density at radius 2 is 1.34 bits per heavy atom. The zero-order valence-electron chi connectivity index (χ0n) is 19.4. The highest BCUT2D eigenvalue weighted by molar-refractivity contribution is 7.89. The number of anilines is 1. The fraction of sp³-hybridized carbons (Fsp3) is 0.360. The largest absolute Gasteiger partial charge is 0.352 e. The fourth-order valence-corrected chi connectivity index (χ4v) is 5.87. The van der Waals surface area contributed by atoms with E-state index in [1.807, 2.05) is 32.0 Å². The van der Waals surface area contributed by atoms with Gasteiger partial charge in [0.05, 0.1) is 10.6 Å². The molecule has 0 unspecified atom stereocenters. The predicted octanol–water partition coefficient (Wildman–Crippen LogP) is 4.20. The molecule has 6 nitrogen and oxygen atoms in total. The predicted molar refractivity (Wildman–Crippen MR) is 129 cm³/mol. The van der Waals surface area contributed by atoms with Crippen molar-refractivity contribution < 1.29 is 8.42 Å². The number of hydrogen-bond donors (Lipinski definition) is 0. The van der Waals surface area contributed by atoms with E-state index in [0.717, 1.165) is 28.2 Å². The van der Waals surface area contributed by atoms with Crippen LogP contribution in [0.1, 0.15) is 27.8 Å². The number of rotatable bonds is 4. The Bertz CT molecular complexity index is 1230. The summed E-state index contributed by atoms with van der Waals surface area (Å²) in [4.78, 5) is 2.47. The third-order valence-electron chi connectivity index (χ3n) is 6.16. The van der Waals surface area contributed by atoms with Crippen LogP contribution in [0.2, 0.25) is 0 Å². The summed E-state index contributed by atoms with van der Waals surface area (Å²) in [7, 11) is -3.50. The van der Waals surface area contributed by atoms with E-state index in [0.29, 0.717) is 31.1 Å². The molecule has 2 heterocycles. The van der Waals surface area contributed by atoms with Crippen LogP contribution in [-0.2, 0) is 10.0 Å². The van der Waals surface area contributed by atoms with Gasteiger partial charge in [0.1, 0.15) is 0 Å². The molecule has 1 aliphatic heterocycles. The average molecular weight is 451 g/mol. The molecule has 0 atom stereocenters. The Balaban J connectivity index is 1.47. The van der Waals surface area contributed by atoms with Gasteiger partial charge in [0, 0.05) is 31.7 Å². The van der Waals surface area contributed by atoms with Crippen molar-refractivity contribution in [2.75, 3.05) is 31.1 Å². The molecule has 0 spiro atoms. The second-order valence-electron chi connectivity index (χ2n) is 8.74. The number of benzene rings is 2. The molecule has 168 valence electrons. The standard InChI is InChI=1S/C25H30N4O2S/c1-17-12-18(2)14-22(13-17)32(30,31)29-10-8-28(9-11-29)25-7-6-24(26-27-25)23-16-20(4)19(3)15-21(23)5/h6-7,12-16H,8-11H2,1-5H3. The monoisotopic (exact) mass is 450 g/mol. The minimum Gasteiger partial charge on any atom is -0.352 e. The number of hydrogen-bond acceptors (Lipinski definition) is 5. The smallest absolute Gasteiger partial charge is 0.243 e. The first-order valence-corrected chi connectivity index (χ1v) is 12.3. The molecule has 1 saturated heterocycles. The molecule has 0 aliphatic carbocycles. The van der Waals surface area contributed by atoms with E-state index in [-0.39, 0.29) is 0 Å². The van der Waals surface area contributed by atoms with Gasteiger partial charge in [-0.1, -0.05) is 12.1 Å². The Hall–Kier alpha value is -2.77. The van der Waals surface area contributed by atoms with Crippen LogP contribution < -0.4 is 4.90 Å². The molecule has 0 amide bonds. The highest BCUT2D eigenvalue weighted by Crippen LogP contribution is 2.26. The van der Waals surface area contributed by atoms with Gasteiger partial charge in [0.2, 0.25) is 10.0 Å². The van der Waals surface area contributed by atoms with Crippen molar-refractivity contribution in [3.05, 3.63) is 70.3 Å². The number of aromatic nitrogens is 2. The van der Waals surface area contributed by atoms with E-state index in [9.17, 15) is 8.42 Å². The lowest BCUT2D eigenvalue weighted by Gasteiger charge is -2.34. The number of piperazine rings is 1. The Morgan fingerprint density at radius 3 is 1.94 bits per heavy atom. The van der Waals surface area contributed by atoms with Gasteiger partial charge in [0.15, 0.2) is 5.82 Å². The van der Waals surface area contributed by atoms with Crippen molar-refractivity contribution in [2.24, 2.45) is 0 Å². The highest BCUT2D eigenvalue weighted by Gasteiger charge is 2.29. The van der Waals surface area contributed by atoms with Gasteiger partial charge in [0.25, 0.3) is 0 Å². The van der Waals surface area contributed by atoms with E-state index in [1.54, 1.807) is 16.4 Å². The van der Waals surface area contributed by atoms with Crippen molar-refractivity contribution in [2.45, 2.75) is 39.5 Å². The summed E-state index contributed by atoms with van der Waals surface area (Å²) in [6, 6.07) is 13.8. The van der Waals surface area contributed by atoms with Gasteiger partial charge >= 0.3 is 0 Å². The molecule has 1 fully saturated rings. The maximum absolute atomic E-state index is 13.1. The molecule has 1 aliphatic rings. The second kappa shape index (κ2) is 8.64. The quantitative estimate of drug-likeness (QED) is 0.596. The summed E-state index contributed by atoms with van der Waals surface area (Å²) < 4.78 is 27.8. The number of sulfonamides is 1. The van der Waals surface area contributed by atoms with E-state index in [2.05, 4.69) is 48.0 Å². The van der Waals surface area contributed by atoms with Gasteiger partial charge in [-0.15, -0.1) is 10.2 Å². The van der Waals surface area contributed by atoms with Gasteiger partial charge in [-0.2, -0.15) is 4.31 Å². The first-order chi connectivity index (χ1) is 15.1. The molecule has 1 aromatic heterocycles. The molecular weight excluding hydrogens is 420 g/mol. The first kappa shape index (κ1) is 22.4. The zero-order chi connectivity index (χ0) is 23.0. The molecule has 7 heteroatoms. The minimum atomic E-state index is -3.50. The van der Waals surface area contributed by atoms with Crippen molar-refractivity contribution in [3.63, 3.8) is 0 Å². The van der Waals surface area contributed by atoms with Crippen molar-refractivity contribution in [1.29, 1.82) is 0 Å². The second-order valence-corrected chi connectivity index (χ2v) is 10.7. The van der Waals surface area contributed by atoms with E-state index in [4.69, 9.17) is 0 Å². The topological polar surface area (TPSA) is 66.4 Å². The molecule has 0 saturated carbocycles. The lowest BCUT2D eigenvalue weighted by atomic mass is 9.99. The molecule has 4 rings (SSSR count). The van der Waals surface area contributed by atoms with E-state index in [1.165, 1.54) is 16.7 Å². The van der Waals surface area contributed by atoms with Gasteiger partial charge < -0.3 is 4.90 Å². The Morgan fingerprint density at radius 1 is 0.719 bits per heavy atom. The van der Waals surface area contributed by atoms with Crippen LogP contribution in [-0.4, -0.2) is 49.1 Å². The minimum absolute atomic E-state index is 0.372. The van der Waals surface area contributed by atoms with Gasteiger partial charge in [-0.25, -0.2) is 8.42 Å². The summed E-state index contributed by atoms with van der Waals surface area (Å²) in [6.45, 7) is 12.2. The lowest BCUT2D eigenvalue weighted by molar-refractivity contribution is 0.383. The number of aryl methyl sites for hydroxylation is 5.